The van der Waals surface area contributed by atoms with Gasteiger partial charge in [-0.3, -0.25) is 4.79 Å². The Morgan fingerprint density at radius 2 is 2.00 bits per heavy atom. The van der Waals surface area contributed by atoms with Gasteiger partial charge in [0.25, 0.3) is 0 Å². The molecule has 2 aromatic heterocycles. The van der Waals surface area contributed by atoms with Crippen LogP contribution in [0.3, 0.4) is 0 Å². The summed E-state index contributed by atoms with van der Waals surface area (Å²) in [4.78, 5) is 24.4. The molecule has 2 aliphatic rings. The Labute approximate surface area is 121 Å². The summed E-state index contributed by atoms with van der Waals surface area (Å²) in [5.74, 6) is 1.06. The van der Waals surface area contributed by atoms with E-state index in [-0.39, 0.29) is 11.7 Å². The van der Waals surface area contributed by atoms with Crippen LogP contribution in [0.2, 0.25) is 0 Å². The van der Waals surface area contributed by atoms with E-state index in [1.807, 2.05) is 12.1 Å². The molecule has 0 aromatic carbocycles. The Balaban J connectivity index is 1.93. The Hall–Kier alpha value is -2.50. The number of aromatic nitrogens is 3. The molecule has 1 aliphatic carbocycles. The number of nitrogens with two attached hydrogens (primary N) is 1. The van der Waals surface area contributed by atoms with E-state index < -0.39 is 5.60 Å². The summed E-state index contributed by atoms with van der Waals surface area (Å²) < 4.78 is 6.18. The summed E-state index contributed by atoms with van der Waals surface area (Å²) in [7, 11) is 0. The van der Waals surface area contributed by atoms with Crippen molar-refractivity contribution in [1.29, 1.82) is 0 Å². The maximum atomic E-state index is 11.6. The zero-order chi connectivity index (χ0) is 14.4. The van der Waals surface area contributed by atoms with Crippen molar-refractivity contribution in [2.45, 2.75) is 31.3 Å². The Morgan fingerprint density at radius 3 is 2.81 bits per heavy atom. The van der Waals surface area contributed by atoms with E-state index in [2.05, 4.69) is 15.0 Å². The summed E-state index contributed by atoms with van der Waals surface area (Å²) >= 11 is 0. The van der Waals surface area contributed by atoms with Crippen molar-refractivity contribution in [2.75, 3.05) is 5.73 Å². The van der Waals surface area contributed by atoms with E-state index in [0.29, 0.717) is 31.6 Å². The average Bonchev–Trinajstić information content (AvgIpc) is 2.51. The van der Waals surface area contributed by atoms with Crippen molar-refractivity contribution in [3.8, 4) is 17.0 Å². The van der Waals surface area contributed by atoms with Crippen LogP contribution in [-0.2, 0) is 10.4 Å². The number of ketones is 1. The minimum Gasteiger partial charge on any atom is -0.464 e. The molecule has 0 amide bonds. The number of nitrogens with zero attached hydrogens (tertiary/aromatic N) is 3. The average molecular weight is 282 g/mol. The lowest BCUT2D eigenvalue weighted by Gasteiger charge is -2.40. The summed E-state index contributed by atoms with van der Waals surface area (Å²) in [6.45, 7) is 0. The van der Waals surface area contributed by atoms with Crippen LogP contribution in [0.25, 0.3) is 11.1 Å². The predicted octanol–water partition coefficient (Wildman–Crippen LogP) is 1.85. The van der Waals surface area contributed by atoms with Crippen LogP contribution >= 0.6 is 0 Å². The first-order valence-corrected chi connectivity index (χ1v) is 6.97. The Morgan fingerprint density at radius 1 is 1.19 bits per heavy atom. The molecule has 0 bridgehead atoms. The normalized spacial score (nSPS) is 18.8. The number of fused-ring (bicyclic) bond motifs is 4. The largest absolute Gasteiger partial charge is 0.464 e. The quantitative estimate of drug-likeness (QED) is 0.793. The van der Waals surface area contributed by atoms with E-state index in [4.69, 9.17) is 10.5 Å². The van der Waals surface area contributed by atoms with Gasteiger partial charge in [-0.1, -0.05) is 0 Å². The first-order valence-electron chi connectivity index (χ1n) is 6.97. The van der Waals surface area contributed by atoms with Crippen LogP contribution in [0.15, 0.2) is 24.5 Å². The van der Waals surface area contributed by atoms with Gasteiger partial charge >= 0.3 is 0 Å². The maximum absolute atomic E-state index is 11.6. The molecule has 0 saturated heterocycles. The lowest BCUT2D eigenvalue weighted by molar-refractivity contribution is -0.124. The number of carbonyl (C=O) groups excluding carboxylic acids is 1. The van der Waals surface area contributed by atoms with Crippen molar-refractivity contribution in [3.05, 3.63) is 30.2 Å². The van der Waals surface area contributed by atoms with Gasteiger partial charge < -0.3 is 10.5 Å². The first-order chi connectivity index (χ1) is 10.2. The minimum atomic E-state index is -0.609. The molecule has 6 heteroatoms. The van der Waals surface area contributed by atoms with E-state index in [9.17, 15) is 4.79 Å². The molecule has 3 heterocycles. The van der Waals surface area contributed by atoms with Gasteiger partial charge in [-0.2, -0.15) is 0 Å². The monoisotopic (exact) mass is 282 g/mol. The lowest BCUT2D eigenvalue weighted by Crippen LogP contribution is -2.41. The standard InChI is InChI=1S/C15H14N4O2/c16-14-18-8-11-10-2-1-7-17-13(10)21-15(12(11)19-14)5-3-9(20)4-6-15/h1-2,7-8H,3-6H2,(H2,16,18,19). The summed E-state index contributed by atoms with van der Waals surface area (Å²) in [5, 5.41) is 0. The number of ether oxygens (including phenoxy) is 1. The second kappa shape index (κ2) is 4.25. The second-order valence-electron chi connectivity index (χ2n) is 5.48. The Kier molecular flexibility index (Phi) is 2.48. The molecule has 1 aliphatic heterocycles. The molecule has 2 aromatic rings. The van der Waals surface area contributed by atoms with Crippen molar-refractivity contribution in [3.63, 3.8) is 0 Å². The van der Waals surface area contributed by atoms with Crippen LogP contribution < -0.4 is 10.5 Å². The van der Waals surface area contributed by atoms with Crippen molar-refractivity contribution >= 4 is 11.7 Å². The molecule has 1 saturated carbocycles. The number of nitrogen functional groups attached to an aromatic ring is 1. The fourth-order valence-electron chi connectivity index (χ4n) is 3.12. The van der Waals surface area contributed by atoms with Gasteiger partial charge in [-0.15, -0.1) is 0 Å². The van der Waals surface area contributed by atoms with Gasteiger partial charge in [-0.05, 0) is 25.0 Å². The SMILES string of the molecule is Nc1ncc2c(n1)C1(CCC(=O)CC1)Oc1ncccc1-2. The third-order valence-electron chi connectivity index (χ3n) is 4.21. The second-order valence-corrected chi connectivity index (χ2v) is 5.48. The zero-order valence-electron chi connectivity index (χ0n) is 11.4. The van der Waals surface area contributed by atoms with Gasteiger partial charge in [0.05, 0.1) is 5.69 Å². The van der Waals surface area contributed by atoms with Crippen molar-refractivity contribution in [2.24, 2.45) is 0 Å². The highest BCUT2D eigenvalue weighted by Crippen LogP contribution is 2.48. The van der Waals surface area contributed by atoms with Gasteiger partial charge in [0.1, 0.15) is 5.78 Å². The Bertz CT molecular complexity index is 734. The first kappa shape index (κ1) is 12.3. The number of Topliss-reactive ketones (excluding diaryl/α,β-unsaturated/α-hetero) is 1. The van der Waals surface area contributed by atoms with E-state index in [1.165, 1.54) is 0 Å². The molecule has 106 valence electrons. The molecule has 21 heavy (non-hydrogen) atoms. The molecule has 1 spiro atoms. The summed E-state index contributed by atoms with van der Waals surface area (Å²) in [6.07, 6.45) is 5.61. The van der Waals surface area contributed by atoms with Gasteiger partial charge in [-0.25, -0.2) is 15.0 Å². The highest BCUT2D eigenvalue weighted by Gasteiger charge is 2.45. The van der Waals surface area contributed by atoms with Crippen molar-refractivity contribution < 1.29 is 9.53 Å². The molecule has 0 radical (unpaired) electrons. The van der Waals surface area contributed by atoms with E-state index >= 15 is 0 Å². The smallest absolute Gasteiger partial charge is 0.222 e. The van der Waals surface area contributed by atoms with Crippen LogP contribution in [-0.4, -0.2) is 20.7 Å². The van der Waals surface area contributed by atoms with Crippen LogP contribution in [0.5, 0.6) is 5.88 Å². The molecule has 2 N–H and O–H groups in total. The molecule has 6 nitrogen and oxygen atoms in total. The lowest BCUT2D eigenvalue weighted by atomic mass is 9.78. The van der Waals surface area contributed by atoms with Gasteiger partial charge in [0.2, 0.25) is 11.8 Å². The maximum Gasteiger partial charge on any atom is 0.222 e. The molecular weight excluding hydrogens is 268 g/mol. The van der Waals surface area contributed by atoms with E-state index in [1.54, 1.807) is 12.4 Å². The highest BCUT2D eigenvalue weighted by molar-refractivity contribution is 5.80. The molecule has 1 fully saturated rings. The third kappa shape index (κ3) is 1.79. The summed E-state index contributed by atoms with van der Waals surface area (Å²) in [5.41, 5.74) is 7.70. The minimum absolute atomic E-state index is 0.223. The van der Waals surface area contributed by atoms with Crippen LogP contribution in [0.4, 0.5) is 5.95 Å². The fraction of sp³-hybridized carbons (Fsp3) is 0.333. The number of anilines is 1. The molecule has 0 atom stereocenters. The molecule has 4 rings (SSSR count). The predicted molar refractivity (Wildman–Crippen MR) is 75.5 cm³/mol. The third-order valence-corrected chi connectivity index (χ3v) is 4.21. The van der Waals surface area contributed by atoms with Crippen LogP contribution in [0, 0.1) is 0 Å². The topological polar surface area (TPSA) is 91.0 Å². The molecule has 0 unspecified atom stereocenters. The molecular formula is C15H14N4O2. The fourth-order valence-corrected chi connectivity index (χ4v) is 3.12. The van der Waals surface area contributed by atoms with Crippen molar-refractivity contribution in [1.82, 2.24) is 15.0 Å². The summed E-state index contributed by atoms with van der Waals surface area (Å²) in [6, 6.07) is 3.78. The number of pyridine rings is 1. The van der Waals surface area contributed by atoms with Crippen LogP contribution in [0.1, 0.15) is 31.4 Å². The zero-order valence-corrected chi connectivity index (χ0v) is 11.4. The number of hydrogen-bond acceptors (Lipinski definition) is 6. The van der Waals surface area contributed by atoms with Gasteiger partial charge in [0.15, 0.2) is 5.60 Å². The number of carbonyl (C=O) groups is 1. The number of hydrogen-bond donors (Lipinski definition) is 1. The number of rotatable bonds is 0. The van der Waals surface area contributed by atoms with E-state index in [0.717, 1.165) is 16.8 Å². The van der Waals surface area contributed by atoms with Gasteiger partial charge in [0, 0.05) is 36.4 Å². The highest BCUT2D eigenvalue weighted by atomic mass is 16.5.